The van der Waals surface area contributed by atoms with Crippen LogP contribution in [0.1, 0.15) is 107 Å². The van der Waals surface area contributed by atoms with Gasteiger partial charge in [0.1, 0.15) is 32.0 Å². The van der Waals surface area contributed by atoms with Crippen LogP contribution in [0.5, 0.6) is 0 Å². The first-order chi connectivity index (χ1) is 47.7. The number of imide groups is 1. The van der Waals surface area contributed by atoms with Crippen molar-refractivity contribution in [2.75, 3.05) is 112 Å². The molecule has 2 aromatic carbocycles. The molecule has 0 aromatic heterocycles. The summed E-state index contributed by atoms with van der Waals surface area (Å²) in [5.74, 6) is -7.97. The van der Waals surface area contributed by atoms with Gasteiger partial charge in [0.15, 0.2) is 0 Å². The van der Waals surface area contributed by atoms with Gasteiger partial charge in [-0.05, 0) is 80.8 Å². The average Bonchev–Trinajstić information content (AvgIpc) is 1.86. The van der Waals surface area contributed by atoms with Gasteiger partial charge in [-0.15, -0.1) is 0 Å². The Balaban J connectivity index is 1.10. The fraction of sp³-hybridized carbons (Fsp3) is 0.582. The van der Waals surface area contributed by atoms with Crippen LogP contribution in [-0.2, 0) is 104 Å². The summed E-state index contributed by atoms with van der Waals surface area (Å²) in [4.78, 5) is 172. The second kappa shape index (κ2) is 49.3. The van der Waals surface area contributed by atoms with Crippen molar-refractivity contribution in [3.63, 3.8) is 0 Å². The van der Waals surface area contributed by atoms with Crippen molar-refractivity contribution in [3.8, 4) is 0 Å². The van der Waals surface area contributed by atoms with Crippen LogP contribution >= 0.6 is 0 Å². The summed E-state index contributed by atoms with van der Waals surface area (Å²) >= 11 is 0. The number of carboxylic acids is 2. The van der Waals surface area contributed by atoms with Crippen molar-refractivity contribution in [2.24, 2.45) is 11.8 Å². The summed E-state index contributed by atoms with van der Waals surface area (Å²) in [6, 6.07) is 15.4. The lowest BCUT2D eigenvalue weighted by molar-refractivity contribution is -0.143. The van der Waals surface area contributed by atoms with Gasteiger partial charge in [-0.25, -0.2) is 4.79 Å². The van der Waals surface area contributed by atoms with Crippen LogP contribution in [0.4, 0.5) is 0 Å². The lowest BCUT2D eigenvalue weighted by atomic mass is 9.81. The number of benzene rings is 2. The standard InChI is InChI=1S/C67H97N11O21/c79-54(68-40-58(83)71-43-61(86)77-53(67(94)73-44-64(89)90)38-50-13-6-2-7-14-50)26-31-97-34-33-95-29-10-15-47(17-18-48-19-21-51(22-20-48)75-56(81)16-8-3-9-28-78-62(87)23-24-63(78)88)25-30-96-35-36-98-32-27-55(80)69-39-57(82)70-42-60(85)76-52(37-49-11-4-1-5-12-49)66(93)72-41-59(84)74-46-99-45-65(91)92/h1-2,4-7,11-14,23-24,47-48,51-53H,3,8-10,15-22,25-46H2,(H,68,79)(H,69,80)(H,70,82)(H,71,83)(H,72,93)(H,73,94)(H,74,84)(H,75,81)(H,76,85)(H,77,86)(H,89,90)(H,91,92)/t47?,48?,51?,52-,53-/m0/s1. The third-order valence-corrected chi connectivity index (χ3v) is 15.7. The van der Waals surface area contributed by atoms with Crippen LogP contribution in [0.15, 0.2) is 72.8 Å². The van der Waals surface area contributed by atoms with E-state index in [1.165, 1.54) is 17.1 Å². The molecule has 0 bridgehead atoms. The van der Waals surface area contributed by atoms with Gasteiger partial charge in [0, 0.05) is 70.1 Å². The molecule has 1 heterocycles. The van der Waals surface area contributed by atoms with Crippen molar-refractivity contribution < 1.29 is 101 Å². The van der Waals surface area contributed by atoms with E-state index in [-0.39, 0.29) is 82.5 Å². The van der Waals surface area contributed by atoms with Crippen molar-refractivity contribution in [3.05, 3.63) is 83.9 Å². The van der Waals surface area contributed by atoms with Gasteiger partial charge in [0.05, 0.1) is 72.4 Å². The number of carboxylic acid groups (broad SMARTS) is 2. The predicted octanol–water partition coefficient (Wildman–Crippen LogP) is -1.03. The molecule has 0 saturated heterocycles. The van der Waals surface area contributed by atoms with Gasteiger partial charge in [-0.1, -0.05) is 79.9 Å². The molecule has 1 aliphatic carbocycles. The lowest BCUT2D eigenvalue weighted by Crippen LogP contribution is -2.52. The van der Waals surface area contributed by atoms with Gasteiger partial charge in [-0.2, -0.15) is 0 Å². The average molecular weight is 1390 g/mol. The zero-order chi connectivity index (χ0) is 71.8. The molecule has 0 spiro atoms. The molecule has 1 saturated carbocycles. The minimum atomic E-state index is -1.26. The molecule has 3 atom stereocenters. The lowest BCUT2D eigenvalue weighted by Gasteiger charge is -2.30. The highest BCUT2D eigenvalue weighted by atomic mass is 16.5. The van der Waals surface area contributed by atoms with Gasteiger partial charge in [0.2, 0.25) is 59.1 Å². The van der Waals surface area contributed by atoms with E-state index >= 15 is 0 Å². The summed E-state index contributed by atoms with van der Waals surface area (Å²) < 4.78 is 27.7. The van der Waals surface area contributed by atoms with Gasteiger partial charge in [0.25, 0.3) is 11.8 Å². The van der Waals surface area contributed by atoms with E-state index in [1.807, 2.05) is 0 Å². The van der Waals surface area contributed by atoms with Crippen LogP contribution in [0.25, 0.3) is 0 Å². The zero-order valence-corrected chi connectivity index (χ0v) is 56.0. The third kappa shape index (κ3) is 39.1. The number of carbonyl (C=O) groups excluding carboxylic acids is 12. The van der Waals surface area contributed by atoms with Gasteiger partial charge >= 0.3 is 11.9 Å². The number of amides is 12. The number of ether oxygens (including phenoxy) is 5. The molecule has 12 N–H and O–H groups in total. The van der Waals surface area contributed by atoms with Crippen LogP contribution in [0.2, 0.25) is 0 Å². The van der Waals surface area contributed by atoms with Crippen LogP contribution < -0.4 is 53.2 Å². The van der Waals surface area contributed by atoms with E-state index in [1.54, 1.807) is 60.7 Å². The topological polar surface area (TPSA) is 449 Å². The maximum absolute atomic E-state index is 13.0. The normalized spacial score (nSPS) is 14.9. The number of rotatable bonds is 53. The maximum Gasteiger partial charge on any atom is 0.329 e. The summed E-state index contributed by atoms with van der Waals surface area (Å²) in [5, 5.41) is 42.5. The van der Waals surface area contributed by atoms with Crippen molar-refractivity contribution in [1.82, 2.24) is 58.1 Å². The maximum atomic E-state index is 13.0. The minimum Gasteiger partial charge on any atom is -0.480 e. The molecule has 4 rings (SSSR count). The van der Waals surface area contributed by atoms with E-state index in [0.717, 1.165) is 64.2 Å². The van der Waals surface area contributed by atoms with E-state index in [4.69, 9.17) is 33.9 Å². The Morgan fingerprint density at radius 3 is 1.43 bits per heavy atom. The van der Waals surface area contributed by atoms with Crippen LogP contribution in [0, 0.1) is 11.8 Å². The largest absolute Gasteiger partial charge is 0.480 e. The summed E-state index contributed by atoms with van der Waals surface area (Å²) in [5.41, 5.74) is 1.41. The number of nitrogens with one attached hydrogen (secondary N) is 10. The second-order valence-electron chi connectivity index (χ2n) is 23.6. The van der Waals surface area contributed by atoms with Crippen molar-refractivity contribution >= 4 is 82.8 Å². The molecule has 12 amide bonds. The molecule has 0 radical (unpaired) electrons. The molecule has 1 fully saturated rings. The molecule has 2 aliphatic rings. The molecular weight excluding hydrogens is 1290 g/mol. The van der Waals surface area contributed by atoms with Crippen molar-refractivity contribution in [1.29, 1.82) is 0 Å². The predicted molar refractivity (Wildman–Crippen MR) is 354 cm³/mol. The zero-order valence-electron chi connectivity index (χ0n) is 56.0. The van der Waals surface area contributed by atoms with Crippen LogP contribution in [-0.4, -0.2) is 228 Å². The molecule has 32 heteroatoms. The number of unbranched alkanes of at least 4 members (excludes halogenated alkanes) is 2. The molecule has 1 unspecified atom stereocenters. The Morgan fingerprint density at radius 2 is 0.909 bits per heavy atom. The van der Waals surface area contributed by atoms with E-state index < -0.39 is 130 Å². The van der Waals surface area contributed by atoms with E-state index in [0.29, 0.717) is 68.6 Å². The minimum absolute atomic E-state index is 0.00862. The number of carbonyl (C=O) groups is 14. The Kier molecular flexibility index (Phi) is 40.9. The first kappa shape index (κ1) is 82.2. The summed E-state index contributed by atoms with van der Waals surface area (Å²) in [6.45, 7) is -1.57. The summed E-state index contributed by atoms with van der Waals surface area (Å²) in [7, 11) is 0. The molecule has 546 valence electrons. The SMILES string of the molecule is O=C(O)CNC(=O)[C@H](Cc1ccccc1)NC(=O)CNC(=O)CNC(=O)CCOCCOCCCC(CCOCCOCCC(=O)NCC(=O)NCC(=O)N[C@@H](Cc1ccccc1)C(=O)NCC(=O)NCOCC(=O)O)CCC1CCC(NC(=O)CCCCCN2C(=O)C=CC2=O)CC1. The Morgan fingerprint density at radius 1 is 0.434 bits per heavy atom. The Hall–Kier alpha value is -9.24. The van der Waals surface area contributed by atoms with E-state index in [2.05, 4.69) is 53.2 Å². The van der Waals surface area contributed by atoms with Crippen LogP contribution in [0.3, 0.4) is 0 Å². The molecule has 1 aliphatic heterocycles. The fourth-order valence-electron chi connectivity index (χ4n) is 10.4. The Labute approximate surface area is 575 Å². The highest BCUT2D eigenvalue weighted by Gasteiger charge is 2.27. The molecular formula is C67H97N11O21. The quantitative estimate of drug-likeness (QED) is 0.0214. The molecule has 99 heavy (non-hydrogen) atoms. The second-order valence-corrected chi connectivity index (χ2v) is 23.6. The number of nitrogens with zero attached hydrogens (tertiary/aromatic N) is 1. The van der Waals surface area contributed by atoms with Gasteiger partial charge < -0.3 is 87.1 Å². The third-order valence-electron chi connectivity index (χ3n) is 15.7. The highest BCUT2D eigenvalue weighted by Crippen LogP contribution is 2.31. The highest BCUT2D eigenvalue weighted by molar-refractivity contribution is 6.12. The Bertz CT molecular complexity index is 2920. The van der Waals surface area contributed by atoms with Crippen molar-refractivity contribution in [2.45, 2.75) is 127 Å². The smallest absolute Gasteiger partial charge is 0.329 e. The number of hydrogen-bond donors (Lipinski definition) is 12. The summed E-state index contributed by atoms with van der Waals surface area (Å²) in [6.07, 6.45) is 13.2. The molecule has 2 aromatic rings. The number of aliphatic carboxylic acids is 2. The first-order valence-corrected chi connectivity index (χ1v) is 33.4. The number of hydrogen-bond acceptors (Lipinski definition) is 19. The molecule has 32 nitrogen and oxygen atoms in total. The monoisotopic (exact) mass is 1390 g/mol. The van der Waals surface area contributed by atoms with E-state index in [9.17, 15) is 67.1 Å². The van der Waals surface area contributed by atoms with Gasteiger partial charge in [-0.3, -0.25) is 67.2 Å². The first-order valence-electron chi connectivity index (χ1n) is 33.4. The fourth-order valence-corrected chi connectivity index (χ4v) is 10.4.